The number of hydrogen-bond donors (Lipinski definition) is 3. The molecule has 0 fully saturated rings. The molecule has 0 radical (unpaired) electrons. The second-order valence-corrected chi connectivity index (χ2v) is 4.78. The Hall–Kier alpha value is -2.08. The highest BCUT2D eigenvalue weighted by Crippen LogP contribution is 2.14. The Balaban J connectivity index is 2.39. The summed E-state index contributed by atoms with van der Waals surface area (Å²) in [5, 5.41) is 3.16. The van der Waals surface area contributed by atoms with E-state index in [0.29, 0.717) is 17.4 Å². The van der Waals surface area contributed by atoms with E-state index in [1.165, 1.54) is 5.56 Å². The monoisotopic (exact) mass is 307 g/mol. The van der Waals surface area contributed by atoms with E-state index in [1.54, 1.807) is 13.0 Å². The summed E-state index contributed by atoms with van der Waals surface area (Å²) in [5.41, 5.74) is 6.30. The Labute approximate surface area is 130 Å². The van der Waals surface area contributed by atoms with Gasteiger partial charge in [0.1, 0.15) is 5.75 Å². The molecule has 0 aliphatic heterocycles. The van der Waals surface area contributed by atoms with Crippen molar-refractivity contribution in [3.8, 4) is 5.75 Å². The van der Waals surface area contributed by atoms with Gasteiger partial charge in [0.25, 0.3) is 5.91 Å². The maximum Gasteiger partial charge on any atom is 0.279 e. The minimum absolute atomic E-state index is 0.308. The lowest BCUT2D eigenvalue weighted by Crippen LogP contribution is -2.50. The van der Waals surface area contributed by atoms with Crippen LogP contribution in [0.15, 0.2) is 36.9 Å². The van der Waals surface area contributed by atoms with Gasteiger partial charge in [-0.1, -0.05) is 25.1 Å². The molecule has 1 rings (SSSR count). The number of aryl methyl sites for hydroxylation is 1. The highest BCUT2D eigenvalue weighted by molar-refractivity contribution is 7.80. The third-order valence-electron chi connectivity index (χ3n) is 2.72. The van der Waals surface area contributed by atoms with Crippen LogP contribution in [0.3, 0.4) is 0 Å². The highest BCUT2D eigenvalue weighted by atomic mass is 32.1. The Morgan fingerprint density at radius 2 is 2.05 bits per heavy atom. The van der Waals surface area contributed by atoms with Crippen LogP contribution in [-0.4, -0.2) is 23.7 Å². The molecule has 0 saturated heterocycles. The first-order valence-electron chi connectivity index (χ1n) is 6.77. The molecule has 0 saturated carbocycles. The fraction of sp³-hybridized carbons (Fsp3) is 0.333. The molecular weight excluding hydrogens is 286 g/mol. The zero-order valence-electron chi connectivity index (χ0n) is 12.3. The number of rotatable bonds is 6. The number of ether oxygens (including phenoxy) is 1. The fourth-order valence-corrected chi connectivity index (χ4v) is 1.62. The zero-order valence-corrected chi connectivity index (χ0v) is 13.1. The molecule has 0 aliphatic rings. The van der Waals surface area contributed by atoms with Crippen LogP contribution in [0, 0.1) is 0 Å². The van der Waals surface area contributed by atoms with Crippen molar-refractivity contribution >= 4 is 23.2 Å². The topological polar surface area (TPSA) is 62.4 Å². The molecular formula is C15H21N3O2S. The van der Waals surface area contributed by atoms with Gasteiger partial charge in [0.2, 0.25) is 0 Å². The Kier molecular flexibility index (Phi) is 7.25. The molecule has 1 aromatic carbocycles. The van der Waals surface area contributed by atoms with Crippen LogP contribution in [0.4, 0.5) is 0 Å². The summed E-state index contributed by atoms with van der Waals surface area (Å²) in [6.45, 7) is 7.84. The molecule has 1 atom stereocenters. The number of hydrazine groups is 1. The van der Waals surface area contributed by atoms with Crippen LogP contribution in [-0.2, 0) is 11.2 Å². The number of benzene rings is 1. The van der Waals surface area contributed by atoms with Gasteiger partial charge >= 0.3 is 0 Å². The molecule has 1 amide bonds. The zero-order chi connectivity index (χ0) is 15.7. The van der Waals surface area contributed by atoms with Crippen molar-refractivity contribution in [2.24, 2.45) is 0 Å². The standard InChI is InChI=1S/C15H21N3O2S/c1-4-10-16-15(21)18-17-14(19)11(3)20-13-8-6-12(5-2)7-9-13/h4,6-9,11H,1,5,10H2,2-3H3,(H,17,19)(H2,16,18,21). The van der Waals surface area contributed by atoms with Crippen molar-refractivity contribution in [1.82, 2.24) is 16.2 Å². The lowest BCUT2D eigenvalue weighted by molar-refractivity contribution is -0.127. The molecule has 21 heavy (non-hydrogen) atoms. The van der Waals surface area contributed by atoms with Crippen molar-refractivity contribution in [1.29, 1.82) is 0 Å². The van der Waals surface area contributed by atoms with Gasteiger partial charge in [-0.15, -0.1) is 6.58 Å². The smallest absolute Gasteiger partial charge is 0.279 e. The van der Waals surface area contributed by atoms with Crippen LogP contribution >= 0.6 is 12.2 Å². The molecule has 1 unspecified atom stereocenters. The summed E-state index contributed by atoms with van der Waals surface area (Å²) in [7, 11) is 0. The average Bonchev–Trinajstić information content (AvgIpc) is 2.51. The van der Waals surface area contributed by atoms with Crippen molar-refractivity contribution in [3.63, 3.8) is 0 Å². The van der Waals surface area contributed by atoms with Crippen molar-refractivity contribution in [2.75, 3.05) is 6.54 Å². The van der Waals surface area contributed by atoms with E-state index >= 15 is 0 Å². The van der Waals surface area contributed by atoms with Crippen LogP contribution in [0.25, 0.3) is 0 Å². The van der Waals surface area contributed by atoms with Gasteiger partial charge in [0.15, 0.2) is 11.2 Å². The number of amides is 1. The first-order valence-corrected chi connectivity index (χ1v) is 7.17. The number of carbonyl (C=O) groups is 1. The second kappa shape index (κ2) is 8.97. The second-order valence-electron chi connectivity index (χ2n) is 4.37. The maximum atomic E-state index is 11.8. The number of carbonyl (C=O) groups excluding carboxylic acids is 1. The third kappa shape index (κ3) is 6.27. The third-order valence-corrected chi connectivity index (χ3v) is 2.97. The lowest BCUT2D eigenvalue weighted by atomic mass is 10.2. The summed E-state index contributed by atoms with van der Waals surface area (Å²) >= 11 is 4.96. The molecule has 0 spiro atoms. The van der Waals surface area contributed by atoms with Gasteiger partial charge in [-0.3, -0.25) is 15.6 Å². The van der Waals surface area contributed by atoms with E-state index < -0.39 is 6.10 Å². The molecule has 0 heterocycles. The summed E-state index contributed by atoms with van der Waals surface area (Å²) in [5.74, 6) is 0.347. The van der Waals surface area contributed by atoms with E-state index in [-0.39, 0.29) is 5.91 Å². The van der Waals surface area contributed by atoms with Crippen LogP contribution in [0.5, 0.6) is 5.75 Å². The molecule has 114 valence electrons. The van der Waals surface area contributed by atoms with Gasteiger partial charge in [-0.05, 0) is 43.3 Å². The van der Waals surface area contributed by atoms with E-state index in [2.05, 4.69) is 29.7 Å². The first kappa shape index (κ1) is 17.0. The normalized spacial score (nSPS) is 11.1. The van der Waals surface area contributed by atoms with Gasteiger partial charge in [-0.2, -0.15) is 0 Å². The Morgan fingerprint density at radius 1 is 1.38 bits per heavy atom. The predicted molar refractivity (Wildman–Crippen MR) is 88.0 cm³/mol. The number of hydrogen-bond acceptors (Lipinski definition) is 3. The minimum Gasteiger partial charge on any atom is -0.481 e. The van der Waals surface area contributed by atoms with E-state index in [9.17, 15) is 4.79 Å². The average molecular weight is 307 g/mol. The number of thiocarbonyl (C=S) groups is 1. The highest BCUT2D eigenvalue weighted by Gasteiger charge is 2.14. The van der Waals surface area contributed by atoms with Gasteiger partial charge in [0.05, 0.1) is 0 Å². The molecule has 3 N–H and O–H groups in total. The quantitative estimate of drug-likeness (QED) is 0.424. The Morgan fingerprint density at radius 3 is 2.62 bits per heavy atom. The minimum atomic E-state index is -0.632. The van der Waals surface area contributed by atoms with Gasteiger partial charge in [0, 0.05) is 6.54 Å². The first-order chi connectivity index (χ1) is 10.1. The molecule has 6 heteroatoms. The van der Waals surface area contributed by atoms with Crippen molar-refractivity contribution in [3.05, 3.63) is 42.5 Å². The summed E-state index contributed by atoms with van der Waals surface area (Å²) < 4.78 is 5.56. The summed E-state index contributed by atoms with van der Waals surface area (Å²) in [6, 6.07) is 7.66. The largest absolute Gasteiger partial charge is 0.481 e. The maximum absolute atomic E-state index is 11.8. The molecule has 0 aromatic heterocycles. The van der Waals surface area contributed by atoms with Crippen LogP contribution < -0.4 is 20.9 Å². The van der Waals surface area contributed by atoms with Gasteiger partial charge in [-0.25, -0.2) is 0 Å². The van der Waals surface area contributed by atoms with E-state index in [4.69, 9.17) is 17.0 Å². The fourth-order valence-electron chi connectivity index (χ4n) is 1.49. The van der Waals surface area contributed by atoms with E-state index in [1.807, 2.05) is 24.3 Å². The van der Waals surface area contributed by atoms with Crippen molar-refractivity contribution in [2.45, 2.75) is 26.4 Å². The number of nitrogens with one attached hydrogen (secondary N) is 3. The Bertz CT molecular complexity index is 488. The molecule has 1 aromatic rings. The van der Waals surface area contributed by atoms with Crippen LogP contribution in [0.1, 0.15) is 19.4 Å². The molecule has 5 nitrogen and oxygen atoms in total. The van der Waals surface area contributed by atoms with Crippen LogP contribution in [0.2, 0.25) is 0 Å². The van der Waals surface area contributed by atoms with Crippen molar-refractivity contribution < 1.29 is 9.53 Å². The SMILES string of the molecule is C=CCNC(=S)NNC(=O)C(C)Oc1ccc(CC)cc1. The van der Waals surface area contributed by atoms with Gasteiger partial charge < -0.3 is 10.1 Å². The molecule has 0 bridgehead atoms. The predicted octanol–water partition coefficient (Wildman–Crippen LogP) is 1.70. The van der Waals surface area contributed by atoms with E-state index in [0.717, 1.165) is 6.42 Å². The molecule has 0 aliphatic carbocycles. The summed E-state index contributed by atoms with van der Waals surface area (Å²) in [4.78, 5) is 11.8. The summed E-state index contributed by atoms with van der Waals surface area (Å²) in [6.07, 6.45) is 2.00. The lowest BCUT2D eigenvalue weighted by Gasteiger charge is -2.16.